The number of hydrazine groups is 1. The number of carbonyl (C=O) groups excluding carboxylic acids is 3. The number of carbonyl (C=O) groups is 3. The Kier molecular flexibility index (Phi) is 5.48. The predicted molar refractivity (Wildman–Crippen MR) is 94.8 cm³/mol. The molecule has 0 spiro atoms. The van der Waals surface area contributed by atoms with Crippen LogP contribution in [0.4, 0.5) is 0 Å². The molecule has 1 atom stereocenters. The van der Waals surface area contributed by atoms with Gasteiger partial charge in [0.2, 0.25) is 5.91 Å². The summed E-state index contributed by atoms with van der Waals surface area (Å²) >= 11 is 0. The number of rotatable bonds is 5. The van der Waals surface area contributed by atoms with Crippen molar-refractivity contribution in [2.45, 2.75) is 18.9 Å². The third-order valence-corrected chi connectivity index (χ3v) is 3.97. The zero-order chi connectivity index (χ0) is 18.4. The van der Waals surface area contributed by atoms with Crippen molar-refractivity contribution in [2.24, 2.45) is 0 Å². The molecule has 0 bridgehead atoms. The zero-order valence-electron chi connectivity index (χ0n) is 14.0. The molecule has 2 aromatic carbocycles. The van der Waals surface area contributed by atoms with E-state index >= 15 is 0 Å². The summed E-state index contributed by atoms with van der Waals surface area (Å²) in [4.78, 5) is 34.8. The summed E-state index contributed by atoms with van der Waals surface area (Å²) < 4.78 is 5.60. The lowest BCUT2D eigenvalue weighted by Crippen LogP contribution is -2.50. The van der Waals surface area contributed by atoms with Gasteiger partial charge in [0.15, 0.2) is 6.61 Å². The number of nitrogens with one attached hydrogen (secondary N) is 3. The second kappa shape index (κ2) is 8.15. The third-order valence-electron chi connectivity index (χ3n) is 3.97. The second-order valence-electron chi connectivity index (χ2n) is 5.85. The Labute approximate surface area is 150 Å². The molecule has 0 aromatic heterocycles. The molecule has 3 amide bonds. The first kappa shape index (κ1) is 17.5. The molecule has 0 saturated carbocycles. The van der Waals surface area contributed by atoms with Crippen molar-refractivity contribution in [1.82, 2.24) is 16.2 Å². The topological polar surface area (TPSA) is 96.5 Å². The Hall–Kier alpha value is -3.35. The lowest BCUT2D eigenvalue weighted by atomic mass is 10.1. The van der Waals surface area contributed by atoms with Crippen molar-refractivity contribution in [3.63, 3.8) is 0 Å². The largest absolute Gasteiger partial charge is 0.483 e. The number of para-hydroxylation sites is 1. The van der Waals surface area contributed by atoms with E-state index in [4.69, 9.17) is 4.74 Å². The van der Waals surface area contributed by atoms with Gasteiger partial charge in [-0.2, -0.15) is 0 Å². The monoisotopic (exact) mass is 353 g/mol. The summed E-state index contributed by atoms with van der Waals surface area (Å²) in [6, 6.07) is 16.5. The second-order valence-corrected chi connectivity index (χ2v) is 5.85. The molecule has 1 heterocycles. The first-order chi connectivity index (χ1) is 12.6. The first-order valence-electron chi connectivity index (χ1n) is 8.29. The highest BCUT2D eigenvalue weighted by molar-refractivity contribution is 5.92. The van der Waals surface area contributed by atoms with Crippen molar-refractivity contribution in [3.05, 3.63) is 54.6 Å². The average molecular weight is 353 g/mol. The molecule has 2 aromatic rings. The van der Waals surface area contributed by atoms with Crippen LogP contribution in [0.2, 0.25) is 0 Å². The van der Waals surface area contributed by atoms with Crippen molar-refractivity contribution >= 4 is 17.7 Å². The summed E-state index contributed by atoms with van der Waals surface area (Å²) in [5.74, 6) is -0.542. The van der Waals surface area contributed by atoms with Crippen molar-refractivity contribution in [2.75, 3.05) is 6.61 Å². The molecule has 26 heavy (non-hydrogen) atoms. The van der Waals surface area contributed by atoms with Gasteiger partial charge in [-0.25, -0.2) is 0 Å². The van der Waals surface area contributed by atoms with Crippen LogP contribution < -0.4 is 20.9 Å². The standard InChI is InChI=1S/C19H19N3O4/c23-17-11-10-15(20-17)19(25)22-21-18(24)12-26-16-9-5-4-8-14(16)13-6-2-1-3-7-13/h1-9,15H,10-12H2,(H,20,23)(H,21,24)(H,22,25)/t15-/m1/s1. The summed E-state index contributed by atoms with van der Waals surface area (Å²) in [5, 5.41) is 2.53. The summed E-state index contributed by atoms with van der Waals surface area (Å²) in [5.41, 5.74) is 6.44. The molecule has 3 N–H and O–H groups in total. The molecule has 0 unspecified atom stereocenters. The van der Waals surface area contributed by atoms with E-state index in [1.54, 1.807) is 6.07 Å². The molecule has 1 aliphatic rings. The van der Waals surface area contributed by atoms with Crippen LogP contribution in [-0.2, 0) is 14.4 Å². The van der Waals surface area contributed by atoms with Crippen LogP contribution in [0, 0.1) is 0 Å². The highest BCUT2D eigenvalue weighted by Crippen LogP contribution is 2.29. The van der Waals surface area contributed by atoms with E-state index < -0.39 is 17.9 Å². The van der Waals surface area contributed by atoms with Gasteiger partial charge in [0.25, 0.3) is 11.8 Å². The van der Waals surface area contributed by atoms with Crippen LogP contribution >= 0.6 is 0 Å². The van der Waals surface area contributed by atoms with Crippen LogP contribution in [0.3, 0.4) is 0 Å². The van der Waals surface area contributed by atoms with Gasteiger partial charge >= 0.3 is 0 Å². The number of hydrogen-bond donors (Lipinski definition) is 3. The van der Waals surface area contributed by atoms with Gasteiger partial charge in [0, 0.05) is 12.0 Å². The highest BCUT2D eigenvalue weighted by atomic mass is 16.5. The van der Waals surface area contributed by atoms with Gasteiger partial charge in [-0.1, -0.05) is 48.5 Å². The fourth-order valence-corrected chi connectivity index (χ4v) is 2.66. The normalized spacial score (nSPS) is 15.8. The quantitative estimate of drug-likeness (QED) is 0.703. The minimum absolute atomic E-state index is 0.169. The average Bonchev–Trinajstić information content (AvgIpc) is 3.12. The van der Waals surface area contributed by atoms with E-state index in [1.165, 1.54) is 0 Å². The van der Waals surface area contributed by atoms with Gasteiger partial charge < -0.3 is 10.1 Å². The van der Waals surface area contributed by atoms with Crippen LogP contribution in [0.1, 0.15) is 12.8 Å². The number of hydrogen-bond acceptors (Lipinski definition) is 4. The maximum Gasteiger partial charge on any atom is 0.276 e. The molecule has 134 valence electrons. The van der Waals surface area contributed by atoms with Gasteiger partial charge in [-0.05, 0) is 18.1 Å². The van der Waals surface area contributed by atoms with Crippen LogP contribution in [-0.4, -0.2) is 30.4 Å². The molecule has 7 nitrogen and oxygen atoms in total. The van der Waals surface area contributed by atoms with Crippen LogP contribution in [0.15, 0.2) is 54.6 Å². The van der Waals surface area contributed by atoms with E-state index in [1.807, 2.05) is 48.5 Å². The fraction of sp³-hybridized carbons (Fsp3) is 0.211. The maximum atomic E-state index is 11.9. The minimum Gasteiger partial charge on any atom is -0.483 e. The molecule has 0 radical (unpaired) electrons. The number of benzene rings is 2. The molecule has 1 aliphatic heterocycles. The number of ether oxygens (including phenoxy) is 1. The highest BCUT2D eigenvalue weighted by Gasteiger charge is 2.27. The molecule has 7 heteroatoms. The van der Waals surface area contributed by atoms with Gasteiger partial charge in [0.1, 0.15) is 11.8 Å². The summed E-state index contributed by atoms with van der Waals surface area (Å²) in [6.45, 7) is -0.249. The van der Waals surface area contributed by atoms with Gasteiger partial charge in [-0.3, -0.25) is 25.2 Å². The van der Waals surface area contributed by atoms with E-state index in [2.05, 4.69) is 16.2 Å². The minimum atomic E-state index is -0.609. The maximum absolute atomic E-state index is 11.9. The first-order valence-corrected chi connectivity index (χ1v) is 8.29. The van der Waals surface area contributed by atoms with Gasteiger partial charge in [0.05, 0.1) is 0 Å². The lowest BCUT2D eigenvalue weighted by molar-refractivity contribution is -0.131. The van der Waals surface area contributed by atoms with E-state index in [0.29, 0.717) is 18.6 Å². The van der Waals surface area contributed by atoms with E-state index in [0.717, 1.165) is 11.1 Å². The zero-order valence-corrected chi connectivity index (χ0v) is 14.0. The predicted octanol–water partition coefficient (Wildman–Crippen LogP) is 1.16. The molecular weight excluding hydrogens is 334 g/mol. The Bertz CT molecular complexity index is 807. The molecule has 3 rings (SSSR count). The van der Waals surface area contributed by atoms with Crippen molar-refractivity contribution < 1.29 is 19.1 Å². The summed E-state index contributed by atoms with van der Waals surface area (Å²) in [7, 11) is 0. The Balaban J connectivity index is 1.52. The Morgan fingerprint density at radius 2 is 1.77 bits per heavy atom. The van der Waals surface area contributed by atoms with E-state index in [9.17, 15) is 14.4 Å². The molecule has 0 aliphatic carbocycles. The molecule has 1 saturated heterocycles. The SMILES string of the molecule is O=C(COc1ccccc1-c1ccccc1)NNC(=O)[C@H]1CCC(=O)N1. The summed E-state index contributed by atoms with van der Waals surface area (Å²) in [6.07, 6.45) is 0.729. The molecular formula is C19H19N3O4. The Morgan fingerprint density at radius 3 is 2.50 bits per heavy atom. The third kappa shape index (κ3) is 4.38. The fourth-order valence-electron chi connectivity index (χ4n) is 2.66. The Morgan fingerprint density at radius 1 is 1.04 bits per heavy atom. The lowest BCUT2D eigenvalue weighted by Gasteiger charge is -2.13. The van der Waals surface area contributed by atoms with Crippen molar-refractivity contribution in [3.8, 4) is 16.9 Å². The van der Waals surface area contributed by atoms with E-state index in [-0.39, 0.29) is 12.5 Å². The van der Waals surface area contributed by atoms with Crippen molar-refractivity contribution in [1.29, 1.82) is 0 Å². The van der Waals surface area contributed by atoms with Crippen LogP contribution in [0.25, 0.3) is 11.1 Å². The van der Waals surface area contributed by atoms with Gasteiger partial charge in [-0.15, -0.1) is 0 Å². The van der Waals surface area contributed by atoms with Crippen LogP contribution in [0.5, 0.6) is 5.75 Å². The molecule has 1 fully saturated rings. The number of amides is 3. The smallest absolute Gasteiger partial charge is 0.276 e.